The highest BCUT2D eigenvalue weighted by molar-refractivity contribution is 7.90. The summed E-state index contributed by atoms with van der Waals surface area (Å²) in [6.45, 7) is 10.1. The fourth-order valence-corrected chi connectivity index (χ4v) is 7.95. The van der Waals surface area contributed by atoms with Gasteiger partial charge in [0.15, 0.2) is 9.84 Å². The molecule has 6 rings (SSSR count). The molecule has 0 saturated carbocycles. The van der Waals surface area contributed by atoms with Crippen molar-refractivity contribution in [3.63, 3.8) is 0 Å². The summed E-state index contributed by atoms with van der Waals surface area (Å²) in [6.07, 6.45) is -2.18. The van der Waals surface area contributed by atoms with Crippen LogP contribution in [0.1, 0.15) is 66.7 Å². The van der Waals surface area contributed by atoms with Crippen LogP contribution in [-0.2, 0) is 27.3 Å². The molecular formula is C39H45F3N4O5S. The largest absolute Gasteiger partial charge is 0.490 e. The highest BCUT2D eigenvalue weighted by Gasteiger charge is 2.33. The molecule has 9 nitrogen and oxygen atoms in total. The number of benzene rings is 3. The van der Waals surface area contributed by atoms with Crippen molar-refractivity contribution in [2.45, 2.75) is 69.4 Å². The van der Waals surface area contributed by atoms with E-state index in [2.05, 4.69) is 15.1 Å². The number of piperidine rings is 1. The maximum atomic E-state index is 14.7. The molecule has 0 aliphatic carbocycles. The highest BCUT2D eigenvalue weighted by atomic mass is 32.2. The van der Waals surface area contributed by atoms with Gasteiger partial charge in [0.25, 0.3) is 5.91 Å². The van der Waals surface area contributed by atoms with E-state index in [1.807, 2.05) is 37.3 Å². The minimum atomic E-state index is -4.61. The van der Waals surface area contributed by atoms with Crippen molar-refractivity contribution in [3.8, 4) is 17.0 Å². The third-order valence-electron chi connectivity index (χ3n) is 9.75. The zero-order valence-electron chi connectivity index (χ0n) is 29.9. The Hall–Kier alpha value is -4.04. The Morgan fingerprint density at radius 2 is 1.67 bits per heavy atom. The lowest BCUT2D eigenvalue weighted by molar-refractivity contribution is -0.137. The molecular weight excluding hydrogens is 694 g/mol. The molecule has 0 bridgehead atoms. The second kappa shape index (κ2) is 15.5. The molecule has 1 N–H and O–H groups in total. The van der Waals surface area contributed by atoms with Gasteiger partial charge in [-0.05, 0) is 70.5 Å². The van der Waals surface area contributed by atoms with E-state index >= 15 is 0 Å². The van der Waals surface area contributed by atoms with E-state index in [9.17, 15) is 26.4 Å². The fraction of sp³-hybridized carbons (Fsp3) is 0.436. The molecule has 3 heterocycles. The summed E-state index contributed by atoms with van der Waals surface area (Å²) >= 11 is 0. The number of hydrogen-bond donors (Lipinski definition) is 1. The second-order valence-corrected chi connectivity index (χ2v) is 15.9. The average molecular weight is 739 g/mol. The molecule has 2 fully saturated rings. The molecule has 3 aromatic carbocycles. The number of pyridine rings is 1. The number of sulfone groups is 1. The Balaban J connectivity index is 1.54. The topological polar surface area (TPSA) is 101 Å². The fourth-order valence-electron chi connectivity index (χ4n) is 7.14. The standard InChI is InChI=1S/C39H45F3N4O5S/c1-25(2)51-34-23-33-31(22-35(34)52(4,48)49)36(38(47)43-26(3)27-9-6-5-7-10-27)32(37(44-33)28-11-8-12-29(21-28)39(40,41)42)24-45-15-13-30(14-16-45)46-17-19-50-20-18-46/h5-12,21-23,25-26,30H,13-20,24H2,1-4H3,(H,43,47)/t26-/m0/s1. The van der Waals surface area contributed by atoms with E-state index in [4.69, 9.17) is 14.5 Å². The molecule has 2 saturated heterocycles. The Bertz CT molecular complexity index is 2010. The lowest BCUT2D eigenvalue weighted by Gasteiger charge is -2.40. The Labute approximate surface area is 303 Å². The number of amides is 1. The monoisotopic (exact) mass is 738 g/mol. The molecule has 0 radical (unpaired) electrons. The predicted molar refractivity (Wildman–Crippen MR) is 194 cm³/mol. The molecule has 1 aromatic heterocycles. The number of morpholine rings is 1. The van der Waals surface area contributed by atoms with Crippen LogP contribution in [0.15, 0.2) is 71.6 Å². The number of halogens is 3. The number of alkyl halides is 3. The van der Waals surface area contributed by atoms with Crippen LogP contribution < -0.4 is 10.1 Å². The summed E-state index contributed by atoms with van der Waals surface area (Å²) in [6, 6.07) is 17.2. The summed E-state index contributed by atoms with van der Waals surface area (Å²) in [5.74, 6) is -0.443. The number of rotatable bonds is 10. The molecule has 1 amide bonds. The van der Waals surface area contributed by atoms with Crippen LogP contribution in [0.2, 0.25) is 0 Å². The van der Waals surface area contributed by atoms with Gasteiger partial charge in [0, 0.05) is 54.5 Å². The van der Waals surface area contributed by atoms with Gasteiger partial charge in [-0.3, -0.25) is 14.6 Å². The van der Waals surface area contributed by atoms with Crippen molar-refractivity contribution >= 4 is 26.6 Å². The zero-order chi connectivity index (χ0) is 37.2. The van der Waals surface area contributed by atoms with Crippen molar-refractivity contribution in [3.05, 3.63) is 89.0 Å². The van der Waals surface area contributed by atoms with Gasteiger partial charge in [0.1, 0.15) is 10.6 Å². The molecule has 0 unspecified atom stereocenters. The third kappa shape index (κ3) is 8.60. The summed E-state index contributed by atoms with van der Waals surface area (Å²) in [5, 5.41) is 3.35. The minimum absolute atomic E-state index is 0.0504. The van der Waals surface area contributed by atoms with Crippen LogP contribution in [0, 0.1) is 0 Å². The van der Waals surface area contributed by atoms with Gasteiger partial charge >= 0.3 is 6.18 Å². The van der Waals surface area contributed by atoms with Crippen LogP contribution in [0.25, 0.3) is 22.2 Å². The average Bonchev–Trinajstić information content (AvgIpc) is 3.11. The van der Waals surface area contributed by atoms with Gasteiger partial charge in [-0.25, -0.2) is 13.4 Å². The van der Waals surface area contributed by atoms with Crippen LogP contribution in [0.4, 0.5) is 13.2 Å². The lowest BCUT2D eigenvalue weighted by Crippen LogP contribution is -2.48. The number of carbonyl (C=O) groups is 1. The normalized spacial score (nSPS) is 17.4. The number of fused-ring (bicyclic) bond motifs is 1. The van der Waals surface area contributed by atoms with Gasteiger partial charge in [0.05, 0.1) is 47.7 Å². The highest BCUT2D eigenvalue weighted by Crippen LogP contribution is 2.39. The van der Waals surface area contributed by atoms with Crippen molar-refractivity contribution in [1.82, 2.24) is 20.1 Å². The summed E-state index contributed by atoms with van der Waals surface area (Å²) in [4.78, 5) is 24.1. The minimum Gasteiger partial charge on any atom is -0.490 e. The van der Waals surface area contributed by atoms with E-state index in [1.54, 1.807) is 19.9 Å². The first-order chi connectivity index (χ1) is 24.7. The molecule has 2 aliphatic heterocycles. The molecule has 4 aromatic rings. The van der Waals surface area contributed by atoms with Crippen molar-refractivity contribution in [2.24, 2.45) is 0 Å². The predicted octanol–water partition coefficient (Wildman–Crippen LogP) is 6.90. The number of nitrogens with one attached hydrogen (secondary N) is 1. The maximum Gasteiger partial charge on any atom is 0.416 e. The molecule has 1 atom stereocenters. The van der Waals surface area contributed by atoms with Crippen LogP contribution in [0.5, 0.6) is 5.75 Å². The zero-order valence-corrected chi connectivity index (χ0v) is 30.7. The second-order valence-electron chi connectivity index (χ2n) is 13.9. The first-order valence-corrected chi connectivity index (χ1v) is 19.5. The third-order valence-corrected chi connectivity index (χ3v) is 10.9. The smallest absolute Gasteiger partial charge is 0.416 e. The van der Waals surface area contributed by atoms with Gasteiger partial charge in [0.2, 0.25) is 0 Å². The Kier molecular flexibility index (Phi) is 11.3. The molecule has 13 heteroatoms. The van der Waals surface area contributed by atoms with Gasteiger partial charge < -0.3 is 14.8 Å². The van der Waals surface area contributed by atoms with Crippen molar-refractivity contribution < 1.29 is 35.9 Å². The summed E-state index contributed by atoms with van der Waals surface area (Å²) in [5.41, 5.74) is 1.23. The summed E-state index contributed by atoms with van der Waals surface area (Å²) in [7, 11) is -3.85. The number of likely N-dealkylation sites (tertiary alicyclic amines) is 1. The molecule has 278 valence electrons. The maximum absolute atomic E-state index is 14.7. The quantitative estimate of drug-likeness (QED) is 0.188. The van der Waals surface area contributed by atoms with E-state index in [0.717, 1.165) is 49.9 Å². The number of aromatic nitrogens is 1. The molecule has 2 aliphatic rings. The first kappa shape index (κ1) is 37.7. The molecule has 0 spiro atoms. The van der Waals surface area contributed by atoms with Crippen LogP contribution >= 0.6 is 0 Å². The van der Waals surface area contributed by atoms with Gasteiger partial charge in [-0.15, -0.1) is 0 Å². The van der Waals surface area contributed by atoms with E-state index < -0.39 is 39.6 Å². The molecule has 52 heavy (non-hydrogen) atoms. The summed E-state index contributed by atoms with van der Waals surface area (Å²) < 4.78 is 80.0. The van der Waals surface area contributed by atoms with Crippen LogP contribution in [0.3, 0.4) is 0 Å². The lowest BCUT2D eigenvalue weighted by atomic mass is 9.93. The van der Waals surface area contributed by atoms with E-state index in [-0.39, 0.29) is 44.9 Å². The number of ether oxygens (including phenoxy) is 2. The van der Waals surface area contributed by atoms with Gasteiger partial charge in [-0.1, -0.05) is 42.5 Å². The van der Waals surface area contributed by atoms with Crippen molar-refractivity contribution in [1.29, 1.82) is 0 Å². The first-order valence-electron chi connectivity index (χ1n) is 17.6. The number of nitrogens with zero attached hydrogens (tertiary/aromatic N) is 3. The van der Waals surface area contributed by atoms with Crippen molar-refractivity contribution in [2.75, 3.05) is 45.6 Å². The van der Waals surface area contributed by atoms with Crippen LogP contribution in [-0.4, -0.2) is 86.9 Å². The van der Waals surface area contributed by atoms with Gasteiger partial charge in [-0.2, -0.15) is 13.2 Å². The number of hydrogen-bond acceptors (Lipinski definition) is 8. The Morgan fingerprint density at radius 3 is 2.31 bits per heavy atom. The SMILES string of the molecule is CC(C)Oc1cc2nc(-c3cccc(C(F)(F)F)c3)c(CN3CCC(N4CCOCC4)CC3)c(C(=O)N[C@@H](C)c3ccccc3)c2cc1S(C)(=O)=O. The Morgan fingerprint density at radius 1 is 0.981 bits per heavy atom. The number of carbonyl (C=O) groups excluding carboxylic acids is 1. The van der Waals surface area contributed by atoms with E-state index in [0.29, 0.717) is 37.9 Å². The van der Waals surface area contributed by atoms with E-state index in [1.165, 1.54) is 18.2 Å².